The van der Waals surface area contributed by atoms with Crippen LogP contribution in [-0.2, 0) is 0 Å². The Kier molecular flexibility index (Phi) is 4.52. The maximum atomic E-state index is 12.0. The van der Waals surface area contributed by atoms with E-state index in [1.807, 2.05) is 19.2 Å². The van der Waals surface area contributed by atoms with E-state index in [9.17, 15) is 4.79 Å². The highest BCUT2D eigenvalue weighted by Crippen LogP contribution is 2.24. The van der Waals surface area contributed by atoms with E-state index in [1.54, 1.807) is 4.90 Å². The van der Waals surface area contributed by atoms with Crippen molar-refractivity contribution in [3.8, 4) is 0 Å². The third-order valence-corrected chi connectivity index (χ3v) is 3.96. The molecule has 90 valence electrons. The number of halogens is 1. The van der Waals surface area contributed by atoms with E-state index < -0.39 is 0 Å². The summed E-state index contributed by atoms with van der Waals surface area (Å²) in [6.45, 7) is 5.35. The van der Waals surface area contributed by atoms with Crippen LogP contribution in [0.1, 0.15) is 23.5 Å². The molecule has 1 amide bonds. The zero-order chi connectivity index (χ0) is 12.3. The van der Waals surface area contributed by atoms with Crippen molar-refractivity contribution < 1.29 is 4.79 Å². The second kappa shape index (κ2) is 5.29. The number of hydrogen-bond acceptors (Lipinski definition) is 3. The second-order valence-electron chi connectivity index (χ2n) is 4.63. The first-order valence-electron chi connectivity index (χ1n) is 5.06. The molecule has 1 heterocycles. The molecule has 0 fully saturated rings. The van der Waals surface area contributed by atoms with Gasteiger partial charge < -0.3 is 10.6 Å². The Labute approximate surface area is 109 Å². The van der Waals surface area contributed by atoms with Gasteiger partial charge in [-0.1, -0.05) is 13.8 Å². The van der Waals surface area contributed by atoms with E-state index in [0.29, 0.717) is 13.1 Å². The van der Waals surface area contributed by atoms with E-state index in [0.717, 1.165) is 8.66 Å². The van der Waals surface area contributed by atoms with Crippen LogP contribution < -0.4 is 5.73 Å². The van der Waals surface area contributed by atoms with E-state index in [4.69, 9.17) is 5.73 Å². The minimum Gasteiger partial charge on any atom is -0.340 e. The van der Waals surface area contributed by atoms with Gasteiger partial charge in [0.2, 0.25) is 0 Å². The molecule has 1 aromatic rings. The average Bonchev–Trinajstić information content (AvgIpc) is 2.63. The van der Waals surface area contributed by atoms with Gasteiger partial charge >= 0.3 is 0 Å². The monoisotopic (exact) mass is 304 g/mol. The Balaban J connectivity index is 2.68. The number of carbonyl (C=O) groups is 1. The predicted molar refractivity (Wildman–Crippen MR) is 71.8 cm³/mol. The molecule has 3 nitrogen and oxygen atoms in total. The van der Waals surface area contributed by atoms with Crippen LogP contribution in [-0.4, -0.2) is 30.9 Å². The van der Waals surface area contributed by atoms with Gasteiger partial charge in [-0.05, 0) is 40.0 Å². The number of rotatable bonds is 4. The van der Waals surface area contributed by atoms with Crippen molar-refractivity contribution in [1.82, 2.24) is 4.90 Å². The first-order valence-corrected chi connectivity index (χ1v) is 6.67. The molecule has 0 saturated heterocycles. The molecule has 0 saturated carbocycles. The van der Waals surface area contributed by atoms with Crippen LogP contribution in [0.15, 0.2) is 15.9 Å². The fraction of sp³-hybridized carbons (Fsp3) is 0.545. The van der Waals surface area contributed by atoms with E-state index >= 15 is 0 Å². The predicted octanol–water partition coefficient (Wildman–Crippen LogP) is 2.57. The quantitative estimate of drug-likeness (QED) is 0.929. The zero-order valence-corrected chi connectivity index (χ0v) is 12.2. The van der Waals surface area contributed by atoms with Crippen molar-refractivity contribution in [2.75, 3.05) is 20.1 Å². The molecule has 0 atom stereocenters. The van der Waals surface area contributed by atoms with Crippen molar-refractivity contribution in [2.45, 2.75) is 13.8 Å². The molecule has 0 spiro atoms. The average molecular weight is 305 g/mol. The fourth-order valence-corrected chi connectivity index (χ4v) is 2.78. The van der Waals surface area contributed by atoms with E-state index in [1.165, 1.54) is 11.3 Å². The third kappa shape index (κ3) is 3.57. The first kappa shape index (κ1) is 13.7. The highest BCUT2D eigenvalue weighted by Gasteiger charge is 2.22. The lowest BCUT2D eigenvalue weighted by atomic mass is 9.93. The highest BCUT2D eigenvalue weighted by atomic mass is 79.9. The number of amides is 1. The van der Waals surface area contributed by atoms with Gasteiger partial charge in [-0.3, -0.25) is 4.79 Å². The van der Waals surface area contributed by atoms with Gasteiger partial charge in [0.25, 0.3) is 5.91 Å². The SMILES string of the molecule is CN(CC(C)(C)CN)C(=O)c1ccc(Br)s1. The van der Waals surface area contributed by atoms with Crippen LogP contribution in [0, 0.1) is 5.41 Å². The first-order chi connectivity index (χ1) is 7.35. The Morgan fingerprint density at radius 3 is 2.62 bits per heavy atom. The topological polar surface area (TPSA) is 46.3 Å². The van der Waals surface area contributed by atoms with Crippen LogP contribution in [0.3, 0.4) is 0 Å². The van der Waals surface area contributed by atoms with Crippen LogP contribution in [0.2, 0.25) is 0 Å². The summed E-state index contributed by atoms with van der Waals surface area (Å²) >= 11 is 4.80. The van der Waals surface area contributed by atoms with Crippen molar-refractivity contribution in [3.05, 3.63) is 20.8 Å². The summed E-state index contributed by atoms with van der Waals surface area (Å²) in [6, 6.07) is 3.73. The van der Waals surface area contributed by atoms with Gasteiger partial charge in [0.1, 0.15) is 0 Å². The Morgan fingerprint density at radius 1 is 1.56 bits per heavy atom. The van der Waals surface area contributed by atoms with Gasteiger partial charge in [-0.2, -0.15) is 0 Å². The minimum atomic E-state index is -0.0428. The molecule has 2 N–H and O–H groups in total. The molecule has 0 radical (unpaired) electrons. The summed E-state index contributed by atoms with van der Waals surface area (Å²) in [5.74, 6) is 0.0530. The van der Waals surface area contributed by atoms with Gasteiger partial charge in [-0.25, -0.2) is 0 Å². The fourth-order valence-electron chi connectivity index (χ4n) is 1.40. The van der Waals surface area contributed by atoms with Crippen molar-refractivity contribution in [3.63, 3.8) is 0 Å². The Hall–Kier alpha value is -0.390. The molecule has 0 aliphatic carbocycles. The maximum absolute atomic E-state index is 12.0. The summed E-state index contributed by atoms with van der Waals surface area (Å²) in [5.41, 5.74) is 5.61. The van der Waals surface area contributed by atoms with Gasteiger partial charge in [0, 0.05) is 13.6 Å². The largest absolute Gasteiger partial charge is 0.340 e. The summed E-state index contributed by atoms with van der Waals surface area (Å²) in [6.07, 6.45) is 0. The smallest absolute Gasteiger partial charge is 0.263 e. The molecule has 16 heavy (non-hydrogen) atoms. The number of hydrogen-bond donors (Lipinski definition) is 1. The summed E-state index contributed by atoms with van der Waals surface area (Å²) in [5, 5.41) is 0. The van der Waals surface area contributed by atoms with Crippen LogP contribution in [0.5, 0.6) is 0 Å². The number of nitrogens with two attached hydrogens (primary N) is 1. The normalized spacial score (nSPS) is 11.6. The van der Waals surface area contributed by atoms with Crippen molar-refractivity contribution in [2.24, 2.45) is 11.1 Å². The molecule has 0 aliphatic rings. The number of thiophene rings is 1. The molecule has 5 heteroatoms. The highest BCUT2D eigenvalue weighted by molar-refractivity contribution is 9.11. The number of nitrogens with zero attached hydrogens (tertiary/aromatic N) is 1. The Bertz CT molecular complexity index is 376. The summed E-state index contributed by atoms with van der Waals surface area (Å²) < 4.78 is 0.974. The standard InChI is InChI=1S/C11H17BrN2OS/c1-11(2,6-13)7-14(3)10(15)8-4-5-9(12)16-8/h4-5H,6-7,13H2,1-3H3. The van der Waals surface area contributed by atoms with Gasteiger partial charge in [0.05, 0.1) is 8.66 Å². The third-order valence-electron chi connectivity index (χ3n) is 2.35. The molecule has 0 aliphatic heterocycles. The lowest BCUT2D eigenvalue weighted by Gasteiger charge is -2.28. The minimum absolute atomic E-state index is 0.0428. The molecule has 0 unspecified atom stereocenters. The maximum Gasteiger partial charge on any atom is 0.263 e. The molecule has 0 aromatic carbocycles. The van der Waals surface area contributed by atoms with Crippen LogP contribution in [0.4, 0.5) is 0 Å². The van der Waals surface area contributed by atoms with Gasteiger partial charge in [0.15, 0.2) is 0 Å². The summed E-state index contributed by atoms with van der Waals surface area (Å²) in [7, 11) is 1.81. The van der Waals surface area contributed by atoms with E-state index in [2.05, 4.69) is 29.8 Å². The molecular formula is C11H17BrN2OS. The zero-order valence-electron chi connectivity index (χ0n) is 9.79. The van der Waals surface area contributed by atoms with Crippen LogP contribution >= 0.6 is 27.3 Å². The lowest BCUT2D eigenvalue weighted by molar-refractivity contribution is 0.0745. The second-order valence-corrected chi connectivity index (χ2v) is 7.10. The molecule has 1 rings (SSSR count). The lowest BCUT2D eigenvalue weighted by Crippen LogP contribution is -2.39. The molecule has 1 aromatic heterocycles. The molecule has 0 bridgehead atoms. The van der Waals surface area contributed by atoms with E-state index in [-0.39, 0.29) is 11.3 Å². The van der Waals surface area contributed by atoms with Crippen molar-refractivity contribution in [1.29, 1.82) is 0 Å². The number of carbonyl (C=O) groups excluding carboxylic acids is 1. The van der Waals surface area contributed by atoms with Gasteiger partial charge in [-0.15, -0.1) is 11.3 Å². The van der Waals surface area contributed by atoms with Crippen LogP contribution in [0.25, 0.3) is 0 Å². The summed E-state index contributed by atoms with van der Waals surface area (Å²) in [4.78, 5) is 14.5. The Morgan fingerprint density at radius 2 is 2.19 bits per heavy atom. The molecular weight excluding hydrogens is 288 g/mol. The van der Waals surface area contributed by atoms with Crippen molar-refractivity contribution >= 4 is 33.2 Å².